The zero-order valence-corrected chi connectivity index (χ0v) is 9.18. The van der Waals surface area contributed by atoms with Gasteiger partial charge in [0.25, 0.3) is 0 Å². The molecule has 3 N–H and O–H groups in total. The van der Waals surface area contributed by atoms with Gasteiger partial charge in [0.15, 0.2) is 0 Å². The highest BCUT2D eigenvalue weighted by Crippen LogP contribution is 2.19. The number of pyridine rings is 1. The van der Waals surface area contributed by atoms with Crippen LogP contribution in [0, 0.1) is 0 Å². The number of aliphatic carboxylic acids is 1. The Bertz CT molecular complexity index is 420. The van der Waals surface area contributed by atoms with E-state index in [0.29, 0.717) is 5.56 Å². The van der Waals surface area contributed by atoms with E-state index in [0.717, 1.165) is 30.8 Å². The van der Waals surface area contributed by atoms with Crippen LogP contribution in [-0.2, 0) is 17.8 Å². The quantitative estimate of drug-likeness (QED) is 0.743. The monoisotopic (exact) mass is 221 g/mol. The van der Waals surface area contributed by atoms with Gasteiger partial charge in [-0.05, 0) is 24.2 Å². The Hall–Kier alpha value is -1.46. The van der Waals surface area contributed by atoms with Crippen LogP contribution in [-0.4, -0.2) is 34.6 Å². The zero-order valence-electron chi connectivity index (χ0n) is 9.18. The zero-order chi connectivity index (χ0) is 11.7. The highest BCUT2D eigenvalue weighted by Gasteiger charge is 2.19. The summed E-state index contributed by atoms with van der Waals surface area (Å²) in [4.78, 5) is 17.2. The first kappa shape index (κ1) is 11.0. The van der Waals surface area contributed by atoms with Crippen molar-refractivity contribution in [3.63, 3.8) is 0 Å². The summed E-state index contributed by atoms with van der Waals surface area (Å²) in [6, 6.07) is 0.876. The van der Waals surface area contributed by atoms with Crippen LogP contribution < -0.4 is 5.73 Å². The molecule has 0 spiro atoms. The van der Waals surface area contributed by atoms with Crippen molar-refractivity contribution >= 4 is 5.97 Å². The fourth-order valence-electron chi connectivity index (χ4n) is 1.90. The Morgan fingerprint density at radius 1 is 1.69 bits per heavy atom. The molecule has 0 bridgehead atoms. The molecule has 0 radical (unpaired) electrons. The van der Waals surface area contributed by atoms with Gasteiger partial charge >= 0.3 is 5.97 Å². The first-order valence-corrected chi connectivity index (χ1v) is 5.22. The van der Waals surface area contributed by atoms with Crippen LogP contribution in [0.3, 0.4) is 0 Å². The van der Waals surface area contributed by atoms with Crippen molar-refractivity contribution in [1.29, 1.82) is 0 Å². The third-order valence-electron chi connectivity index (χ3n) is 2.88. The number of likely N-dealkylation sites (N-methyl/N-ethyl adjacent to an activating group) is 1. The van der Waals surface area contributed by atoms with Crippen molar-refractivity contribution in [1.82, 2.24) is 9.88 Å². The van der Waals surface area contributed by atoms with E-state index in [-0.39, 0.29) is 0 Å². The Morgan fingerprint density at radius 2 is 2.44 bits per heavy atom. The van der Waals surface area contributed by atoms with Crippen LogP contribution in [0.15, 0.2) is 12.3 Å². The number of hydrogen-bond donors (Lipinski definition) is 2. The normalized spacial score (nSPS) is 17.9. The molecule has 0 aliphatic carbocycles. The second-order valence-corrected chi connectivity index (χ2v) is 4.18. The summed E-state index contributed by atoms with van der Waals surface area (Å²) in [6.45, 7) is 1.80. The van der Waals surface area contributed by atoms with Crippen molar-refractivity contribution < 1.29 is 9.90 Å². The Labute approximate surface area is 93.9 Å². The van der Waals surface area contributed by atoms with E-state index >= 15 is 0 Å². The molecule has 1 aromatic heterocycles. The Kier molecular flexibility index (Phi) is 2.89. The summed E-state index contributed by atoms with van der Waals surface area (Å²) in [6.07, 6.45) is 2.48. The van der Waals surface area contributed by atoms with Crippen LogP contribution in [0.1, 0.15) is 22.9 Å². The van der Waals surface area contributed by atoms with Gasteiger partial charge in [0.2, 0.25) is 0 Å². The minimum atomic E-state index is -1.02. The van der Waals surface area contributed by atoms with Crippen LogP contribution >= 0.6 is 0 Å². The highest BCUT2D eigenvalue weighted by molar-refractivity contribution is 5.75. The van der Waals surface area contributed by atoms with E-state index in [9.17, 15) is 4.79 Å². The number of rotatable bonds is 2. The van der Waals surface area contributed by atoms with Crippen molar-refractivity contribution in [3.8, 4) is 0 Å². The fourth-order valence-corrected chi connectivity index (χ4v) is 1.90. The highest BCUT2D eigenvalue weighted by atomic mass is 16.4. The topological polar surface area (TPSA) is 79.5 Å². The summed E-state index contributed by atoms with van der Waals surface area (Å²) >= 11 is 0. The molecule has 1 atom stereocenters. The van der Waals surface area contributed by atoms with E-state index < -0.39 is 12.0 Å². The molecular formula is C11H15N3O2. The number of carboxylic acid groups (broad SMARTS) is 1. The van der Waals surface area contributed by atoms with Crippen molar-refractivity contribution in [2.24, 2.45) is 5.73 Å². The van der Waals surface area contributed by atoms with Gasteiger partial charge in [0.1, 0.15) is 6.04 Å². The summed E-state index contributed by atoms with van der Waals surface area (Å²) < 4.78 is 0. The molecule has 1 aliphatic heterocycles. The van der Waals surface area contributed by atoms with E-state index in [1.165, 1.54) is 0 Å². The van der Waals surface area contributed by atoms with Gasteiger partial charge in [-0.1, -0.05) is 0 Å². The molecular weight excluding hydrogens is 206 g/mol. The molecule has 2 rings (SSSR count). The molecule has 86 valence electrons. The second-order valence-electron chi connectivity index (χ2n) is 4.18. The summed E-state index contributed by atoms with van der Waals surface area (Å²) in [5, 5.41) is 8.83. The van der Waals surface area contributed by atoms with Gasteiger partial charge < -0.3 is 15.7 Å². The first-order valence-electron chi connectivity index (χ1n) is 5.22. The summed E-state index contributed by atoms with van der Waals surface area (Å²) in [5.41, 5.74) is 8.26. The first-order chi connectivity index (χ1) is 7.58. The SMILES string of the molecule is CN1CCc2ncc(C(N)C(=O)O)cc2C1. The standard InChI is InChI=1S/C11H15N3O2/c1-14-3-2-9-8(6-14)4-7(5-13-9)10(12)11(15)16/h4-5,10H,2-3,6,12H2,1H3,(H,15,16). The second kappa shape index (κ2) is 4.19. The van der Waals surface area contributed by atoms with Gasteiger partial charge in [-0.2, -0.15) is 0 Å². The summed E-state index contributed by atoms with van der Waals surface area (Å²) in [5.74, 6) is -1.02. The minimum absolute atomic E-state index is 0.571. The Balaban J connectivity index is 2.31. The number of fused-ring (bicyclic) bond motifs is 1. The van der Waals surface area contributed by atoms with Gasteiger partial charge in [-0.25, -0.2) is 0 Å². The maximum Gasteiger partial charge on any atom is 0.325 e. The smallest absolute Gasteiger partial charge is 0.325 e. The van der Waals surface area contributed by atoms with Gasteiger partial charge in [0, 0.05) is 31.4 Å². The third-order valence-corrected chi connectivity index (χ3v) is 2.88. The average molecular weight is 221 g/mol. The van der Waals surface area contributed by atoms with E-state index in [1.807, 2.05) is 13.1 Å². The van der Waals surface area contributed by atoms with Crippen LogP contribution in [0.5, 0.6) is 0 Å². The molecule has 1 aromatic rings. The van der Waals surface area contributed by atoms with Crippen LogP contribution in [0.4, 0.5) is 0 Å². The number of hydrogen-bond acceptors (Lipinski definition) is 4. The van der Waals surface area contributed by atoms with E-state index in [2.05, 4.69) is 9.88 Å². The molecule has 1 aliphatic rings. The Morgan fingerprint density at radius 3 is 3.12 bits per heavy atom. The molecule has 0 saturated heterocycles. The lowest BCUT2D eigenvalue weighted by molar-refractivity contribution is -0.138. The van der Waals surface area contributed by atoms with Gasteiger partial charge in [-0.15, -0.1) is 0 Å². The molecule has 0 amide bonds. The van der Waals surface area contributed by atoms with Crippen LogP contribution in [0.2, 0.25) is 0 Å². The van der Waals surface area contributed by atoms with E-state index in [1.54, 1.807) is 6.20 Å². The van der Waals surface area contributed by atoms with Gasteiger partial charge in [0.05, 0.1) is 0 Å². The van der Waals surface area contributed by atoms with Gasteiger partial charge in [-0.3, -0.25) is 9.78 Å². The molecule has 0 aromatic carbocycles. The molecule has 2 heterocycles. The maximum absolute atomic E-state index is 10.8. The van der Waals surface area contributed by atoms with Crippen molar-refractivity contribution in [2.75, 3.05) is 13.6 Å². The van der Waals surface area contributed by atoms with Crippen molar-refractivity contribution in [3.05, 3.63) is 29.1 Å². The molecule has 0 saturated carbocycles. The molecule has 5 nitrogen and oxygen atoms in total. The molecule has 16 heavy (non-hydrogen) atoms. The lowest BCUT2D eigenvalue weighted by Crippen LogP contribution is -2.28. The number of aromatic nitrogens is 1. The third kappa shape index (κ3) is 2.05. The van der Waals surface area contributed by atoms with Crippen molar-refractivity contribution in [2.45, 2.75) is 19.0 Å². The predicted molar refractivity (Wildman–Crippen MR) is 58.8 cm³/mol. The maximum atomic E-state index is 10.8. The number of nitrogens with two attached hydrogens (primary N) is 1. The lowest BCUT2D eigenvalue weighted by Gasteiger charge is -2.24. The molecule has 5 heteroatoms. The predicted octanol–water partition coefficient (Wildman–Crippen LogP) is 0.154. The molecule has 1 unspecified atom stereocenters. The minimum Gasteiger partial charge on any atom is -0.480 e. The summed E-state index contributed by atoms with van der Waals surface area (Å²) in [7, 11) is 2.03. The number of nitrogens with zero attached hydrogens (tertiary/aromatic N) is 2. The molecule has 0 fully saturated rings. The average Bonchev–Trinajstić information content (AvgIpc) is 2.26. The fraction of sp³-hybridized carbons (Fsp3) is 0.455. The number of carbonyl (C=O) groups is 1. The lowest BCUT2D eigenvalue weighted by atomic mass is 10.0. The largest absolute Gasteiger partial charge is 0.480 e. The van der Waals surface area contributed by atoms with E-state index in [4.69, 9.17) is 10.8 Å². The number of carboxylic acids is 1. The van der Waals surface area contributed by atoms with Crippen LogP contribution in [0.25, 0.3) is 0 Å².